The molecule has 0 saturated heterocycles. The van der Waals surface area contributed by atoms with E-state index >= 15 is 0 Å². The van der Waals surface area contributed by atoms with Crippen LogP contribution >= 0.6 is 0 Å². The van der Waals surface area contributed by atoms with Crippen LogP contribution in [0.2, 0.25) is 0 Å². The molecule has 0 radical (unpaired) electrons. The monoisotopic (exact) mass is 360 g/mol. The number of amides is 2. The van der Waals surface area contributed by atoms with E-state index in [0.29, 0.717) is 0 Å². The van der Waals surface area contributed by atoms with Crippen LogP contribution in [-0.4, -0.2) is 43.9 Å². The van der Waals surface area contributed by atoms with Crippen molar-refractivity contribution in [1.82, 2.24) is 10.8 Å². The van der Waals surface area contributed by atoms with Crippen LogP contribution in [0.15, 0.2) is 30.3 Å². The van der Waals surface area contributed by atoms with E-state index in [1.165, 1.54) is 14.0 Å². The standard InChI is InChI=1S/C14H20N2O7S/c1-10(9-24(19,20)21)12(13(17)16-22-2)15-14(18)23-8-11-6-4-3-5-7-11/h3-7,10,12H,8-9H2,1-2H3,(H,15,18)(H,16,17)(H,19,20,21)/t10-,12+/m0/s1. The molecule has 1 aromatic carbocycles. The summed E-state index contributed by atoms with van der Waals surface area (Å²) in [6.07, 6.45) is -0.905. The molecule has 2 atom stereocenters. The van der Waals surface area contributed by atoms with Crippen LogP contribution in [-0.2, 0) is 31.1 Å². The number of carbonyl (C=O) groups excluding carboxylic acids is 2. The second-order valence-corrected chi connectivity index (χ2v) is 6.58. The first-order chi connectivity index (χ1) is 11.2. The van der Waals surface area contributed by atoms with Crippen LogP contribution in [0.5, 0.6) is 0 Å². The zero-order valence-corrected chi connectivity index (χ0v) is 14.1. The molecular weight excluding hydrogens is 340 g/mol. The Morgan fingerprint density at radius 3 is 2.42 bits per heavy atom. The topological polar surface area (TPSA) is 131 Å². The van der Waals surface area contributed by atoms with Crippen molar-refractivity contribution in [3.8, 4) is 0 Å². The van der Waals surface area contributed by atoms with E-state index in [-0.39, 0.29) is 6.61 Å². The molecule has 0 saturated carbocycles. The molecule has 9 nitrogen and oxygen atoms in total. The molecule has 0 heterocycles. The summed E-state index contributed by atoms with van der Waals surface area (Å²) in [7, 11) is -3.13. The average Bonchev–Trinajstić information content (AvgIpc) is 2.50. The van der Waals surface area contributed by atoms with E-state index in [9.17, 15) is 18.0 Å². The van der Waals surface area contributed by atoms with Crippen molar-refractivity contribution < 1.29 is 32.1 Å². The van der Waals surface area contributed by atoms with Gasteiger partial charge in [0.05, 0.1) is 12.9 Å². The molecule has 1 aromatic rings. The normalized spacial score (nSPS) is 13.6. The molecule has 0 aromatic heterocycles. The van der Waals surface area contributed by atoms with Crippen LogP contribution in [0.1, 0.15) is 12.5 Å². The zero-order valence-electron chi connectivity index (χ0n) is 13.3. The van der Waals surface area contributed by atoms with Crippen LogP contribution < -0.4 is 10.8 Å². The second-order valence-electron chi connectivity index (χ2n) is 5.08. The summed E-state index contributed by atoms with van der Waals surface area (Å²) in [5.41, 5.74) is 2.75. The average molecular weight is 360 g/mol. The molecule has 0 aliphatic heterocycles. The Labute approximate surface area is 140 Å². The van der Waals surface area contributed by atoms with Crippen molar-refractivity contribution in [2.75, 3.05) is 12.9 Å². The molecule has 0 spiro atoms. The Balaban J connectivity index is 2.69. The number of carbonyl (C=O) groups is 2. The van der Waals surface area contributed by atoms with Gasteiger partial charge in [-0.25, -0.2) is 10.3 Å². The maximum Gasteiger partial charge on any atom is 0.408 e. The molecule has 0 unspecified atom stereocenters. The Hall–Kier alpha value is -2.17. The van der Waals surface area contributed by atoms with Crippen molar-refractivity contribution in [1.29, 1.82) is 0 Å². The van der Waals surface area contributed by atoms with Gasteiger partial charge in [-0.2, -0.15) is 8.42 Å². The Kier molecular flexibility index (Phi) is 7.62. The van der Waals surface area contributed by atoms with Gasteiger partial charge >= 0.3 is 6.09 Å². The fraction of sp³-hybridized carbons (Fsp3) is 0.429. The van der Waals surface area contributed by atoms with E-state index in [4.69, 9.17) is 9.29 Å². The van der Waals surface area contributed by atoms with Gasteiger partial charge in [-0.3, -0.25) is 14.2 Å². The molecule has 134 valence electrons. The quantitative estimate of drug-likeness (QED) is 0.454. The number of hydroxylamine groups is 1. The second kappa shape index (κ2) is 9.21. The lowest BCUT2D eigenvalue weighted by molar-refractivity contribution is -0.134. The van der Waals surface area contributed by atoms with E-state index in [0.717, 1.165) is 5.56 Å². The van der Waals surface area contributed by atoms with Crippen LogP contribution in [0, 0.1) is 5.92 Å². The summed E-state index contributed by atoms with van der Waals surface area (Å²) in [4.78, 5) is 28.2. The van der Waals surface area contributed by atoms with E-state index in [2.05, 4.69) is 10.2 Å². The minimum atomic E-state index is -4.32. The summed E-state index contributed by atoms with van der Waals surface area (Å²) in [6, 6.07) is 7.60. The molecule has 2 amide bonds. The van der Waals surface area contributed by atoms with E-state index in [1.807, 2.05) is 11.5 Å². The van der Waals surface area contributed by atoms with Crippen molar-refractivity contribution in [2.45, 2.75) is 19.6 Å². The third-order valence-electron chi connectivity index (χ3n) is 3.01. The molecule has 0 fully saturated rings. The predicted octanol–water partition coefficient (Wildman–Crippen LogP) is 0.483. The summed E-state index contributed by atoms with van der Waals surface area (Å²) in [6.45, 7) is 1.36. The first kappa shape index (κ1) is 19.9. The van der Waals surface area contributed by atoms with Crippen molar-refractivity contribution >= 4 is 22.1 Å². The molecule has 0 aliphatic carbocycles. The fourth-order valence-electron chi connectivity index (χ4n) is 1.95. The summed E-state index contributed by atoms with van der Waals surface area (Å²) in [5, 5.41) is 2.27. The van der Waals surface area contributed by atoms with Crippen molar-refractivity contribution in [3.63, 3.8) is 0 Å². The number of hydrogen-bond donors (Lipinski definition) is 3. The molecule has 1 rings (SSSR count). The predicted molar refractivity (Wildman–Crippen MR) is 84.3 cm³/mol. The third-order valence-corrected chi connectivity index (χ3v) is 3.96. The highest BCUT2D eigenvalue weighted by Gasteiger charge is 2.30. The number of alkyl carbamates (subject to hydrolysis) is 1. The molecular formula is C14H20N2O7S. The molecule has 10 heteroatoms. The summed E-state index contributed by atoms with van der Waals surface area (Å²) >= 11 is 0. The van der Waals surface area contributed by atoms with E-state index < -0.39 is 39.8 Å². The first-order valence-corrected chi connectivity index (χ1v) is 8.59. The van der Waals surface area contributed by atoms with Crippen LogP contribution in [0.25, 0.3) is 0 Å². The Morgan fingerprint density at radius 1 is 1.25 bits per heavy atom. The van der Waals surface area contributed by atoms with Gasteiger partial charge in [-0.15, -0.1) is 0 Å². The van der Waals surface area contributed by atoms with Crippen LogP contribution in [0.4, 0.5) is 4.79 Å². The lowest BCUT2D eigenvalue weighted by Crippen LogP contribution is -2.51. The maximum absolute atomic E-state index is 11.9. The van der Waals surface area contributed by atoms with Gasteiger partial charge in [-0.1, -0.05) is 37.3 Å². The number of rotatable bonds is 8. The first-order valence-electron chi connectivity index (χ1n) is 6.98. The highest BCUT2D eigenvalue weighted by Crippen LogP contribution is 2.08. The molecule has 3 N–H and O–H groups in total. The third kappa shape index (κ3) is 7.40. The number of ether oxygens (including phenoxy) is 1. The minimum Gasteiger partial charge on any atom is -0.445 e. The molecule has 0 aliphatic rings. The zero-order chi connectivity index (χ0) is 18.2. The lowest BCUT2D eigenvalue weighted by atomic mass is 10.0. The minimum absolute atomic E-state index is 0.0159. The SMILES string of the molecule is CONC(=O)[C@H](NC(=O)OCc1ccccc1)[C@@H](C)CS(=O)(=O)O. The smallest absolute Gasteiger partial charge is 0.408 e. The van der Waals surface area contributed by atoms with E-state index in [1.54, 1.807) is 24.3 Å². The molecule has 0 bridgehead atoms. The van der Waals surface area contributed by atoms with Gasteiger partial charge in [0.25, 0.3) is 16.0 Å². The van der Waals surface area contributed by atoms with Crippen molar-refractivity contribution in [3.05, 3.63) is 35.9 Å². The number of benzene rings is 1. The van der Waals surface area contributed by atoms with Gasteiger partial charge in [0.15, 0.2) is 0 Å². The highest BCUT2D eigenvalue weighted by molar-refractivity contribution is 7.85. The van der Waals surface area contributed by atoms with Gasteiger partial charge in [0.2, 0.25) is 0 Å². The van der Waals surface area contributed by atoms with Gasteiger partial charge in [0.1, 0.15) is 12.6 Å². The fourth-order valence-corrected chi connectivity index (χ4v) is 2.81. The van der Waals surface area contributed by atoms with Gasteiger partial charge in [0, 0.05) is 5.92 Å². The molecule has 24 heavy (non-hydrogen) atoms. The number of nitrogens with one attached hydrogen (secondary N) is 2. The van der Waals surface area contributed by atoms with Gasteiger partial charge < -0.3 is 10.1 Å². The van der Waals surface area contributed by atoms with Crippen molar-refractivity contribution in [2.24, 2.45) is 5.92 Å². The van der Waals surface area contributed by atoms with Gasteiger partial charge in [-0.05, 0) is 5.56 Å². The summed E-state index contributed by atoms with van der Waals surface area (Å²) < 4.78 is 35.8. The van der Waals surface area contributed by atoms with Crippen LogP contribution in [0.3, 0.4) is 0 Å². The maximum atomic E-state index is 11.9. The highest BCUT2D eigenvalue weighted by atomic mass is 32.2. The largest absolute Gasteiger partial charge is 0.445 e. The Bertz CT molecular complexity index is 648. The number of hydrogen-bond acceptors (Lipinski definition) is 6. The Morgan fingerprint density at radius 2 is 1.88 bits per heavy atom. The summed E-state index contributed by atoms with van der Waals surface area (Å²) in [5.74, 6) is -2.40. The lowest BCUT2D eigenvalue weighted by Gasteiger charge is -2.22.